The van der Waals surface area contributed by atoms with E-state index in [2.05, 4.69) is 29.2 Å². The van der Waals surface area contributed by atoms with Crippen molar-refractivity contribution >= 4 is 17.5 Å². The molecule has 2 heterocycles. The highest BCUT2D eigenvalue weighted by Crippen LogP contribution is 2.28. The molecule has 9 nitrogen and oxygen atoms in total. The Bertz CT molecular complexity index is 1360. The minimum absolute atomic E-state index is 0.0252. The lowest BCUT2D eigenvalue weighted by atomic mass is 10.0. The molecule has 0 saturated carbocycles. The van der Waals surface area contributed by atoms with Crippen LogP contribution in [0.25, 0.3) is 0 Å². The fraction of sp³-hybridized carbons (Fsp3) is 0.472. The third-order valence-electron chi connectivity index (χ3n) is 8.24. The van der Waals surface area contributed by atoms with E-state index in [0.717, 1.165) is 31.4 Å². The average Bonchev–Trinajstić information content (AvgIpc) is 3.03. The van der Waals surface area contributed by atoms with Gasteiger partial charge < -0.3 is 24.8 Å². The number of nitrogens with zero attached hydrogens (tertiary/aromatic N) is 3. The second-order valence-corrected chi connectivity index (χ2v) is 12.3. The van der Waals surface area contributed by atoms with E-state index < -0.39 is 6.04 Å². The SMILES string of the molecule is C[C@@H]1CCCCO[C@H](CN(C)Cc2ccncc2)[C@@H](C)CN([C@H](C)CO)C(=O)c2cc(NC(=O)Cc3ccccc3)ccc2O1. The maximum Gasteiger partial charge on any atom is 0.258 e. The van der Waals surface area contributed by atoms with Crippen LogP contribution in [0, 0.1) is 5.92 Å². The first-order chi connectivity index (χ1) is 21.7. The molecule has 45 heavy (non-hydrogen) atoms. The average molecular weight is 617 g/mol. The van der Waals surface area contributed by atoms with E-state index in [4.69, 9.17) is 9.47 Å². The first-order valence-electron chi connectivity index (χ1n) is 16.0. The molecule has 1 aromatic heterocycles. The number of amides is 2. The van der Waals surface area contributed by atoms with E-state index in [1.807, 2.05) is 56.3 Å². The van der Waals surface area contributed by atoms with Gasteiger partial charge in [0, 0.05) is 50.2 Å². The van der Waals surface area contributed by atoms with Crippen LogP contribution in [0.2, 0.25) is 0 Å². The number of likely N-dealkylation sites (N-methyl/N-ethyl adjacent to an activating group) is 1. The van der Waals surface area contributed by atoms with Crippen molar-refractivity contribution in [1.29, 1.82) is 0 Å². The molecule has 2 aromatic carbocycles. The number of anilines is 1. The summed E-state index contributed by atoms with van der Waals surface area (Å²) in [5, 5.41) is 13.2. The van der Waals surface area contributed by atoms with Gasteiger partial charge in [0.2, 0.25) is 5.91 Å². The molecule has 4 rings (SSSR count). The predicted molar refractivity (Wildman–Crippen MR) is 176 cm³/mol. The standard InChI is InChI=1S/C36H48N4O5/c1-26-22-40(27(2)25-41)36(43)32-21-31(38-35(42)20-29-11-6-5-7-12-29)13-14-33(32)45-28(3)10-8-9-19-44-34(26)24-39(4)23-30-15-17-37-18-16-30/h5-7,11-18,21,26-28,34,41H,8-10,19-20,22-25H2,1-4H3,(H,38,42)/t26-,27+,28+,34+/m0/s1. The van der Waals surface area contributed by atoms with E-state index in [9.17, 15) is 14.7 Å². The Labute approximate surface area is 267 Å². The smallest absolute Gasteiger partial charge is 0.258 e. The number of hydrogen-bond acceptors (Lipinski definition) is 7. The maximum absolute atomic E-state index is 14.3. The van der Waals surface area contributed by atoms with E-state index in [1.165, 1.54) is 5.56 Å². The number of rotatable bonds is 9. The Kier molecular flexibility index (Phi) is 12.9. The number of fused-ring (bicyclic) bond motifs is 1. The predicted octanol–water partition coefficient (Wildman–Crippen LogP) is 5.19. The van der Waals surface area contributed by atoms with Crippen LogP contribution in [-0.2, 0) is 22.5 Å². The van der Waals surface area contributed by atoms with Crippen molar-refractivity contribution < 1.29 is 24.2 Å². The van der Waals surface area contributed by atoms with Crippen molar-refractivity contribution in [1.82, 2.24) is 14.8 Å². The zero-order valence-corrected chi connectivity index (χ0v) is 27.0. The molecule has 1 aliphatic heterocycles. The maximum atomic E-state index is 14.3. The molecule has 0 bridgehead atoms. The molecule has 0 fully saturated rings. The van der Waals surface area contributed by atoms with Crippen molar-refractivity contribution in [2.24, 2.45) is 5.92 Å². The molecule has 0 spiro atoms. The second-order valence-electron chi connectivity index (χ2n) is 12.3. The molecular formula is C36H48N4O5. The van der Waals surface area contributed by atoms with Crippen LogP contribution in [-0.4, -0.2) is 83.3 Å². The normalized spacial score (nSPS) is 20.5. The van der Waals surface area contributed by atoms with Crippen LogP contribution in [0.15, 0.2) is 73.1 Å². The fourth-order valence-corrected chi connectivity index (χ4v) is 5.62. The van der Waals surface area contributed by atoms with Crippen LogP contribution < -0.4 is 10.1 Å². The zero-order chi connectivity index (χ0) is 32.2. The van der Waals surface area contributed by atoms with Crippen molar-refractivity contribution in [3.05, 3.63) is 89.7 Å². The van der Waals surface area contributed by atoms with Gasteiger partial charge in [0.1, 0.15) is 5.75 Å². The minimum atomic E-state index is -0.440. The van der Waals surface area contributed by atoms with Crippen LogP contribution in [0.3, 0.4) is 0 Å². The van der Waals surface area contributed by atoms with Gasteiger partial charge in [-0.05, 0) is 81.6 Å². The highest BCUT2D eigenvalue weighted by atomic mass is 16.5. The molecule has 1 aliphatic rings. The lowest BCUT2D eigenvalue weighted by molar-refractivity contribution is -0.115. The molecule has 9 heteroatoms. The number of hydrogen-bond donors (Lipinski definition) is 2. The first kappa shape index (κ1) is 34.1. The van der Waals surface area contributed by atoms with Crippen LogP contribution >= 0.6 is 0 Å². The van der Waals surface area contributed by atoms with Gasteiger partial charge in [0.25, 0.3) is 5.91 Å². The molecule has 242 valence electrons. The van der Waals surface area contributed by atoms with Gasteiger partial charge in [-0.2, -0.15) is 0 Å². The van der Waals surface area contributed by atoms with Crippen LogP contribution in [0.5, 0.6) is 5.75 Å². The summed E-state index contributed by atoms with van der Waals surface area (Å²) in [4.78, 5) is 35.3. The molecule has 0 saturated heterocycles. The molecule has 2 amide bonds. The lowest BCUT2D eigenvalue weighted by Gasteiger charge is -2.36. The number of carbonyl (C=O) groups is 2. The number of aliphatic hydroxyl groups excluding tert-OH is 1. The minimum Gasteiger partial charge on any atom is -0.490 e. The van der Waals surface area contributed by atoms with Crippen molar-refractivity contribution in [3.63, 3.8) is 0 Å². The first-order valence-corrected chi connectivity index (χ1v) is 16.0. The topological polar surface area (TPSA) is 104 Å². The quantitative estimate of drug-likeness (QED) is 0.341. The summed E-state index contributed by atoms with van der Waals surface area (Å²) in [6.45, 7) is 8.20. The zero-order valence-electron chi connectivity index (χ0n) is 27.0. The Balaban J connectivity index is 1.59. The van der Waals surface area contributed by atoms with E-state index >= 15 is 0 Å². The lowest BCUT2D eigenvalue weighted by Crippen LogP contribution is -2.47. The van der Waals surface area contributed by atoms with Crippen molar-refractivity contribution in [2.45, 2.75) is 71.2 Å². The summed E-state index contributed by atoms with van der Waals surface area (Å²) in [6, 6.07) is 18.3. The van der Waals surface area contributed by atoms with Crippen LogP contribution in [0.4, 0.5) is 5.69 Å². The Morgan fingerprint density at radius 2 is 1.84 bits per heavy atom. The Morgan fingerprint density at radius 1 is 1.09 bits per heavy atom. The molecule has 0 unspecified atom stereocenters. The summed E-state index contributed by atoms with van der Waals surface area (Å²) in [5.74, 6) is 0.0145. The molecule has 2 N–H and O–H groups in total. The van der Waals surface area contributed by atoms with E-state index in [0.29, 0.717) is 36.7 Å². The number of aromatic nitrogens is 1. The largest absolute Gasteiger partial charge is 0.490 e. The number of benzene rings is 2. The van der Waals surface area contributed by atoms with Gasteiger partial charge >= 0.3 is 0 Å². The molecule has 4 atom stereocenters. The van der Waals surface area contributed by atoms with E-state index in [-0.39, 0.29) is 43.0 Å². The van der Waals surface area contributed by atoms with Crippen LogP contribution in [0.1, 0.15) is 61.5 Å². The fourth-order valence-electron chi connectivity index (χ4n) is 5.62. The second kappa shape index (κ2) is 17.1. The van der Waals surface area contributed by atoms with E-state index in [1.54, 1.807) is 35.5 Å². The van der Waals surface area contributed by atoms with Gasteiger partial charge in [0.05, 0.1) is 36.8 Å². The number of carbonyl (C=O) groups excluding carboxylic acids is 2. The summed E-state index contributed by atoms with van der Waals surface area (Å²) >= 11 is 0. The molecule has 0 radical (unpaired) electrons. The van der Waals surface area contributed by atoms with Crippen molar-refractivity contribution in [3.8, 4) is 5.75 Å². The van der Waals surface area contributed by atoms with Gasteiger partial charge in [0.15, 0.2) is 0 Å². The highest BCUT2D eigenvalue weighted by Gasteiger charge is 2.30. The molecule has 0 aliphatic carbocycles. The Morgan fingerprint density at radius 3 is 2.58 bits per heavy atom. The number of pyridine rings is 1. The summed E-state index contributed by atoms with van der Waals surface area (Å²) in [7, 11) is 2.07. The molecule has 3 aromatic rings. The van der Waals surface area contributed by atoms with Crippen molar-refractivity contribution in [2.75, 3.05) is 38.7 Å². The summed E-state index contributed by atoms with van der Waals surface area (Å²) < 4.78 is 12.8. The van der Waals surface area contributed by atoms with Gasteiger partial charge in [-0.25, -0.2) is 0 Å². The molecular weight excluding hydrogens is 568 g/mol. The number of ether oxygens (including phenoxy) is 2. The Hall–Kier alpha value is -3.79. The highest BCUT2D eigenvalue weighted by molar-refractivity contribution is 6.00. The monoisotopic (exact) mass is 616 g/mol. The summed E-state index contributed by atoms with van der Waals surface area (Å²) in [5.41, 5.74) is 2.95. The third kappa shape index (κ3) is 10.4. The third-order valence-corrected chi connectivity index (χ3v) is 8.24. The van der Waals surface area contributed by atoms with Gasteiger partial charge in [-0.1, -0.05) is 37.3 Å². The summed E-state index contributed by atoms with van der Waals surface area (Å²) in [6.07, 6.45) is 6.21. The number of nitrogens with one attached hydrogen (secondary N) is 1. The van der Waals surface area contributed by atoms with Gasteiger partial charge in [-0.15, -0.1) is 0 Å². The number of aliphatic hydroxyl groups is 1. The van der Waals surface area contributed by atoms with Gasteiger partial charge in [-0.3, -0.25) is 19.5 Å².